The summed E-state index contributed by atoms with van der Waals surface area (Å²) in [7, 11) is 1.59. The van der Waals surface area contributed by atoms with Crippen LogP contribution in [0.2, 0.25) is 0 Å². The van der Waals surface area contributed by atoms with Gasteiger partial charge in [-0.1, -0.05) is 36.4 Å². The summed E-state index contributed by atoms with van der Waals surface area (Å²) in [6.45, 7) is 2.58. The van der Waals surface area contributed by atoms with Crippen LogP contribution in [0.25, 0.3) is 18.2 Å². The number of benzene rings is 3. The number of hydrogen-bond donors (Lipinski definition) is 0. The monoisotopic (exact) mass is 472 g/mol. The third-order valence-corrected chi connectivity index (χ3v) is 4.52. The molecular weight excluding hydrogens is 448 g/mol. The lowest BCUT2D eigenvalue weighted by Gasteiger charge is -2.07. The summed E-state index contributed by atoms with van der Waals surface area (Å²) in [4.78, 5) is 34.7. The van der Waals surface area contributed by atoms with Crippen molar-refractivity contribution in [3.05, 3.63) is 89.5 Å². The molecule has 35 heavy (non-hydrogen) atoms. The minimum Gasteiger partial charge on any atom is -0.497 e. The second-order valence-electron chi connectivity index (χ2n) is 7.35. The van der Waals surface area contributed by atoms with Crippen LogP contribution in [-0.4, -0.2) is 25.0 Å². The standard InChI is InChI=1S/C28H24O7/c1-19(29)33-26-16-23(17-27(18-26)34-20(2)30)5-4-21-8-13-25(14-9-21)35-28(31)15-10-22-6-11-24(32-3)12-7-22/h4-18H,1-3H3/b5-4+,15-10?. The number of methoxy groups -OCH3 is 1. The highest BCUT2D eigenvalue weighted by Crippen LogP contribution is 2.25. The van der Waals surface area contributed by atoms with E-state index >= 15 is 0 Å². The van der Waals surface area contributed by atoms with Crippen molar-refractivity contribution in [2.75, 3.05) is 7.11 Å². The lowest BCUT2D eigenvalue weighted by molar-refractivity contribution is -0.132. The zero-order valence-electron chi connectivity index (χ0n) is 19.5. The lowest BCUT2D eigenvalue weighted by atomic mass is 10.1. The average molecular weight is 472 g/mol. The molecule has 0 aromatic heterocycles. The summed E-state index contributed by atoms with van der Waals surface area (Å²) in [5, 5.41) is 0. The fourth-order valence-corrected chi connectivity index (χ4v) is 3.01. The van der Waals surface area contributed by atoms with Gasteiger partial charge in [0.2, 0.25) is 0 Å². The molecule has 3 aromatic carbocycles. The third-order valence-electron chi connectivity index (χ3n) is 4.52. The van der Waals surface area contributed by atoms with Gasteiger partial charge >= 0.3 is 17.9 Å². The van der Waals surface area contributed by atoms with E-state index in [1.165, 1.54) is 26.0 Å². The molecule has 0 spiro atoms. The van der Waals surface area contributed by atoms with Crippen molar-refractivity contribution >= 4 is 36.1 Å². The molecule has 178 valence electrons. The van der Waals surface area contributed by atoms with E-state index in [0.717, 1.165) is 16.9 Å². The van der Waals surface area contributed by atoms with Crippen LogP contribution in [0.1, 0.15) is 30.5 Å². The van der Waals surface area contributed by atoms with E-state index in [0.29, 0.717) is 11.3 Å². The van der Waals surface area contributed by atoms with Gasteiger partial charge in [-0.25, -0.2) is 4.79 Å². The summed E-state index contributed by atoms with van der Waals surface area (Å²) in [6, 6.07) is 19.0. The molecule has 0 heterocycles. The van der Waals surface area contributed by atoms with E-state index in [9.17, 15) is 14.4 Å². The van der Waals surface area contributed by atoms with E-state index in [1.54, 1.807) is 67.8 Å². The molecule has 0 amide bonds. The van der Waals surface area contributed by atoms with Gasteiger partial charge in [0.05, 0.1) is 7.11 Å². The minimum atomic E-state index is -0.496. The molecule has 0 N–H and O–H groups in total. The Balaban J connectivity index is 1.64. The molecular formula is C28H24O7. The van der Waals surface area contributed by atoms with E-state index < -0.39 is 17.9 Å². The zero-order valence-corrected chi connectivity index (χ0v) is 19.5. The van der Waals surface area contributed by atoms with Crippen LogP contribution < -0.4 is 18.9 Å². The van der Waals surface area contributed by atoms with Crippen LogP contribution >= 0.6 is 0 Å². The number of ether oxygens (including phenoxy) is 4. The molecule has 0 unspecified atom stereocenters. The number of carbonyl (C=O) groups is 3. The van der Waals surface area contributed by atoms with Gasteiger partial charge in [0, 0.05) is 26.0 Å². The molecule has 0 atom stereocenters. The van der Waals surface area contributed by atoms with Crippen molar-refractivity contribution in [3.8, 4) is 23.0 Å². The van der Waals surface area contributed by atoms with Crippen molar-refractivity contribution in [1.82, 2.24) is 0 Å². The largest absolute Gasteiger partial charge is 0.497 e. The number of rotatable bonds is 8. The molecule has 0 aliphatic rings. The minimum absolute atomic E-state index is 0.265. The zero-order chi connectivity index (χ0) is 25.2. The highest BCUT2D eigenvalue weighted by Gasteiger charge is 2.06. The fourth-order valence-electron chi connectivity index (χ4n) is 3.01. The Hall–Kier alpha value is -4.65. The van der Waals surface area contributed by atoms with E-state index in [1.807, 2.05) is 18.2 Å². The molecule has 3 aromatic rings. The van der Waals surface area contributed by atoms with Crippen molar-refractivity contribution in [3.63, 3.8) is 0 Å². The Bertz CT molecular complexity index is 1220. The molecule has 0 bridgehead atoms. The summed E-state index contributed by atoms with van der Waals surface area (Å²) in [6.07, 6.45) is 6.61. The van der Waals surface area contributed by atoms with Gasteiger partial charge in [-0.05, 0) is 59.2 Å². The quantitative estimate of drug-likeness (QED) is 0.189. The summed E-state index contributed by atoms with van der Waals surface area (Å²) >= 11 is 0. The topological polar surface area (TPSA) is 88.1 Å². The number of carbonyl (C=O) groups excluding carboxylic acids is 3. The van der Waals surface area contributed by atoms with Gasteiger partial charge in [0.1, 0.15) is 23.0 Å². The van der Waals surface area contributed by atoms with Crippen molar-refractivity contribution in [2.24, 2.45) is 0 Å². The lowest BCUT2D eigenvalue weighted by Crippen LogP contribution is -2.04. The van der Waals surface area contributed by atoms with Crippen molar-refractivity contribution < 1.29 is 33.3 Å². The van der Waals surface area contributed by atoms with Gasteiger partial charge in [-0.15, -0.1) is 0 Å². The first-order chi connectivity index (χ1) is 16.8. The van der Waals surface area contributed by atoms with E-state index in [-0.39, 0.29) is 11.5 Å². The third kappa shape index (κ3) is 8.33. The second-order valence-corrected chi connectivity index (χ2v) is 7.35. The van der Waals surface area contributed by atoms with Crippen molar-refractivity contribution in [2.45, 2.75) is 13.8 Å². The molecule has 0 saturated carbocycles. The first kappa shape index (κ1) is 25.0. The molecule has 3 rings (SSSR count). The molecule has 0 saturated heterocycles. The Morgan fingerprint density at radius 3 is 1.57 bits per heavy atom. The maximum Gasteiger partial charge on any atom is 0.336 e. The maximum absolute atomic E-state index is 12.1. The fraction of sp³-hybridized carbons (Fsp3) is 0.107. The van der Waals surface area contributed by atoms with Crippen LogP contribution in [0.4, 0.5) is 0 Å². The Morgan fingerprint density at radius 1 is 0.571 bits per heavy atom. The maximum atomic E-state index is 12.1. The van der Waals surface area contributed by atoms with Crippen LogP contribution in [0.15, 0.2) is 72.8 Å². The van der Waals surface area contributed by atoms with Gasteiger partial charge in [-0.3, -0.25) is 9.59 Å². The van der Waals surface area contributed by atoms with Gasteiger partial charge in [-0.2, -0.15) is 0 Å². The Labute approximate surface area is 203 Å². The molecule has 7 nitrogen and oxygen atoms in total. The Kier molecular flexibility index (Phi) is 8.56. The highest BCUT2D eigenvalue weighted by atomic mass is 16.5. The molecule has 0 aliphatic heterocycles. The SMILES string of the molecule is COc1ccc(C=CC(=O)Oc2ccc(/C=C/c3cc(OC(C)=O)cc(OC(C)=O)c3)cc2)cc1. The molecule has 0 fully saturated rings. The van der Waals surface area contributed by atoms with Gasteiger partial charge in [0.25, 0.3) is 0 Å². The predicted octanol–water partition coefficient (Wildman–Crippen LogP) is 5.34. The first-order valence-electron chi connectivity index (χ1n) is 10.6. The second kappa shape index (κ2) is 12.0. The summed E-state index contributed by atoms with van der Waals surface area (Å²) in [5.74, 6) is 0.209. The molecule has 0 radical (unpaired) electrons. The first-order valence-corrected chi connectivity index (χ1v) is 10.6. The smallest absolute Gasteiger partial charge is 0.336 e. The van der Waals surface area contributed by atoms with Gasteiger partial charge in [0.15, 0.2) is 0 Å². The molecule has 0 aliphatic carbocycles. The normalized spacial score (nSPS) is 10.8. The van der Waals surface area contributed by atoms with Crippen LogP contribution in [-0.2, 0) is 14.4 Å². The summed E-state index contributed by atoms with van der Waals surface area (Å²) in [5.41, 5.74) is 2.35. The van der Waals surface area contributed by atoms with E-state index in [2.05, 4.69) is 0 Å². The highest BCUT2D eigenvalue weighted by molar-refractivity contribution is 5.88. The van der Waals surface area contributed by atoms with Gasteiger partial charge < -0.3 is 18.9 Å². The van der Waals surface area contributed by atoms with Crippen molar-refractivity contribution in [1.29, 1.82) is 0 Å². The predicted molar refractivity (Wildman–Crippen MR) is 132 cm³/mol. The average Bonchev–Trinajstić information content (AvgIpc) is 2.81. The van der Waals surface area contributed by atoms with E-state index in [4.69, 9.17) is 18.9 Å². The van der Waals surface area contributed by atoms with Crippen LogP contribution in [0.5, 0.6) is 23.0 Å². The van der Waals surface area contributed by atoms with Crippen LogP contribution in [0, 0.1) is 0 Å². The Morgan fingerprint density at radius 2 is 1.06 bits per heavy atom. The number of hydrogen-bond acceptors (Lipinski definition) is 7. The summed E-state index contributed by atoms with van der Waals surface area (Å²) < 4.78 is 20.7. The molecule has 7 heteroatoms. The van der Waals surface area contributed by atoms with Crippen LogP contribution in [0.3, 0.4) is 0 Å². The number of esters is 3.